The number of aryl methyl sites for hydroxylation is 1. The number of benzene rings is 1. The predicted octanol–water partition coefficient (Wildman–Crippen LogP) is 2.22. The van der Waals surface area contributed by atoms with E-state index in [2.05, 4.69) is 43.4 Å². The lowest BCUT2D eigenvalue weighted by Gasteiger charge is -2.27. The molecule has 1 atom stereocenters. The van der Waals surface area contributed by atoms with Crippen LogP contribution in [0.2, 0.25) is 0 Å². The second kappa shape index (κ2) is 5.41. The molecule has 0 aliphatic carbocycles. The van der Waals surface area contributed by atoms with Crippen molar-refractivity contribution in [1.29, 1.82) is 0 Å². The molecule has 2 rings (SSSR count). The van der Waals surface area contributed by atoms with Gasteiger partial charge in [0.25, 0.3) is 0 Å². The van der Waals surface area contributed by atoms with Gasteiger partial charge in [0, 0.05) is 12.1 Å². The molecule has 1 fully saturated rings. The van der Waals surface area contributed by atoms with Gasteiger partial charge in [0.2, 0.25) is 0 Å². The highest BCUT2D eigenvalue weighted by atomic mass is 32.2. The third kappa shape index (κ3) is 3.56. The number of rotatable bonds is 3. The molecule has 4 heteroatoms. The van der Waals surface area contributed by atoms with E-state index in [0.717, 1.165) is 12.8 Å². The lowest BCUT2D eigenvalue weighted by Crippen LogP contribution is -2.38. The Hall–Kier alpha value is -0.870. The van der Waals surface area contributed by atoms with Crippen molar-refractivity contribution in [3.8, 4) is 0 Å². The Morgan fingerprint density at radius 1 is 1.17 bits per heavy atom. The van der Waals surface area contributed by atoms with Gasteiger partial charge in [0.1, 0.15) is 9.84 Å². The molecule has 0 spiro atoms. The standard InChI is InChI=1S/C14H21NO2S/c1-11-3-5-13(6-4-11)12(2)15-14-7-9-18(16,17)10-8-14/h3-6,12,14-15H,7-10H2,1-2H3. The van der Waals surface area contributed by atoms with E-state index in [9.17, 15) is 8.42 Å². The molecule has 1 saturated heterocycles. The van der Waals surface area contributed by atoms with Gasteiger partial charge in [-0.2, -0.15) is 0 Å². The van der Waals surface area contributed by atoms with Gasteiger partial charge in [-0.05, 0) is 32.3 Å². The zero-order chi connectivity index (χ0) is 13.2. The summed E-state index contributed by atoms with van der Waals surface area (Å²) in [6.07, 6.45) is 1.47. The Bertz CT molecular complexity index is 479. The van der Waals surface area contributed by atoms with Crippen LogP contribution >= 0.6 is 0 Å². The van der Waals surface area contributed by atoms with Crippen LogP contribution in [0.5, 0.6) is 0 Å². The lowest BCUT2D eigenvalue weighted by molar-refractivity contribution is 0.420. The van der Waals surface area contributed by atoms with E-state index < -0.39 is 9.84 Å². The second-order valence-corrected chi connectivity index (χ2v) is 7.53. The summed E-state index contributed by atoms with van der Waals surface area (Å²) in [5.41, 5.74) is 2.52. The third-order valence-corrected chi connectivity index (χ3v) is 5.33. The van der Waals surface area contributed by atoms with Gasteiger partial charge >= 0.3 is 0 Å². The van der Waals surface area contributed by atoms with Crippen LogP contribution in [0.15, 0.2) is 24.3 Å². The molecule has 1 aliphatic heterocycles. The van der Waals surface area contributed by atoms with Crippen molar-refractivity contribution in [3.63, 3.8) is 0 Å². The fourth-order valence-corrected chi connectivity index (χ4v) is 3.85. The van der Waals surface area contributed by atoms with E-state index in [4.69, 9.17) is 0 Å². The largest absolute Gasteiger partial charge is 0.307 e. The van der Waals surface area contributed by atoms with E-state index in [-0.39, 0.29) is 6.04 Å². The van der Waals surface area contributed by atoms with E-state index in [1.165, 1.54) is 11.1 Å². The van der Waals surface area contributed by atoms with Crippen LogP contribution in [0.25, 0.3) is 0 Å². The molecule has 18 heavy (non-hydrogen) atoms. The first-order chi connectivity index (χ1) is 8.46. The van der Waals surface area contributed by atoms with Gasteiger partial charge in [0.15, 0.2) is 0 Å². The third-order valence-electron chi connectivity index (χ3n) is 3.62. The van der Waals surface area contributed by atoms with Crippen molar-refractivity contribution in [2.75, 3.05) is 11.5 Å². The molecule has 0 bridgehead atoms. The molecule has 3 nitrogen and oxygen atoms in total. The monoisotopic (exact) mass is 267 g/mol. The quantitative estimate of drug-likeness (QED) is 0.913. The normalized spacial score (nSPS) is 21.7. The van der Waals surface area contributed by atoms with Crippen molar-refractivity contribution in [3.05, 3.63) is 35.4 Å². The number of sulfone groups is 1. The fraction of sp³-hybridized carbons (Fsp3) is 0.571. The molecule has 1 aromatic rings. The van der Waals surface area contributed by atoms with Crippen LogP contribution in [-0.2, 0) is 9.84 Å². The maximum atomic E-state index is 11.4. The van der Waals surface area contributed by atoms with Crippen LogP contribution in [0.3, 0.4) is 0 Å². The summed E-state index contributed by atoms with van der Waals surface area (Å²) in [6.45, 7) is 4.21. The summed E-state index contributed by atoms with van der Waals surface area (Å²) < 4.78 is 22.7. The second-order valence-electron chi connectivity index (χ2n) is 5.23. The molecule has 100 valence electrons. The van der Waals surface area contributed by atoms with Crippen molar-refractivity contribution in [2.45, 2.75) is 38.8 Å². The number of hydrogen-bond acceptors (Lipinski definition) is 3. The lowest BCUT2D eigenvalue weighted by atomic mass is 10.0. The number of nitrogens with one attached hydrogen (secondary N) is 1. The molecule has 0 saturated carbocycles. The maximum Gasteiger partial charge on any atom is 0.150 e. The van der Waals surface area contributed by atoms with Gasteiger partial charge in [-0.25, -0.2) is 8.42 Å². The topological polar surface area (TPSA) is 46.2 Å². The predicted molar refractivity (Wildman–Crippen MR) is 74.4 cm³/mol. The number of hydrogen-bond donors (Lipinski definition) is 1. The van der Waals surface area contributed by atoms with Crippen LogP contribution < -0.4 is 5.32 Å². The summed E-state index contributed by atoms with van der Waals surface area (Å²) in [5.74, 6) is 0.649. The smallest absolute Gasteiger partial charge is 0.150 e. The zero-order valence-corrected chi connectivity index (χ0v) is 11.8. The minimum atomic E-state index is -2.76. The van der Waals surface area contributed by atoms with Crippen molar-refractivity contribution in [2.24, 2.45) is 0 Å². The van der Waals surface area contributed by atoms with Crippen LogP contribution in [0.4, 0.5) is 0 Å². The average molecular weight is 267 g/mol. The van der Waals surface area contributed by atoms with Crippen molar-refractivity contribution >= 4 is 9.84 Å². The Labute approximate surface area is 110 Å². The first-order valence-electron chi connectivity index (χ1n) is 6.49. The van der Waals surface area contributed by atoms with Crippen LogP contribution in [-0.4, -0.2) is 26.0 Å². The first kappa shape index (κ1) is 13.6. The summed E-state index contributed by atoms with van der Waals surface area (Å²) >= 11 is 0. The molecule has 1 unspecified atom stereocenters. The van der Waals surface area contributed by atoms with Crippen LogP contribution in [0.1, 0.15) is 36.9 Å². The highest BCUT2D eigenvalue weighted by molar-refractivity contribution is 7.91. The Balaban J connectivity index is 1.92. The van der Waals surface area contributed by atoms with Gasteiger partial charge in [-0.3, -0.25) is 0 Å². The SMILES string of the molecule is Cc1ccc(C(C)NC2CCS(=O)(=O)CC2)cc1. The molecule has 0 amide bonds. The zero-order valence-electron chi connectivity index (χ0n) is 11.0. The van der Waals surface area contributed by atoms with Gasteiger partial charge in [0.05, 0.1) is 11.5 Å². The van der Waals surface area contributed by atoms with E-state index in [1.807, 2.05) is 0 Å². The molecule has 0 radical (unpaired) electrons. The summed E-state index contributed by atoms with van der Waals surface area (Å²) in [5, 5.41) is 3.53. The molecule has 1 N–H and O–H groups in total. The summed E-state index contributed by atoms with van der Waals surface area (Å²) in [6, 6.07) is 9.08. The first-order valence-corrected chi connectivity index (χ1v) is 8.31. The summed E-state index contributed by atoms with van der Waals surface area (Å²) in [4.78, 5) is 0. The van der Waals surface area contributed by atoms with Crippen LogP contribution in [0, 0.1) is 6.92 Å². The van der Waals surface area contributed by atoms with E-state index in [0.29, 0.717) is 17.5 Å². The fourth-order valence-electron chi connectivity index (χ4n) is 2.36. The van der Waals surface area contributed by atoms with E-state index >= 15 is 0 Å². The van der Waals surface area contributed by atoms with Crippen molar-refractivity contribution < 1.29 is 8.42 Å². The minimum Gasteiger partial charge on any atom is -0.307 e. The molecular weight excluding hydrogens is 246 g/mol. The summed E-state index contributed by atoms with van der Waals surface area (Å²) in [7, 11) is -2.76. The van der Waals surface area contributed by atoms with Gasteiger partial charge in [-0.1, -0.05) is 29.8 Å². The Morgan fingerprint density at radius 2 is 1.72 bits per heavy atom. The highest BCUT2D eigenvalue weighted by Crippen LogP contribution is 2.18. The molecular formula is C14H21NO2S. The molecule has 1 aromatic carbocycles. The molecule has 1 aliphatic rings. The van der Waals surface area contributed by atoms with Gasteiger partial charge < -0.3 is 5.32 Å². The average Bonchev–Trinajstić information content (AvgIpc) is 2.33. The Morgan fingerprint density at radius 3 is 2.28 bits per heavy atom. The van der Waals surface area contributed by atoms with Gasteiger partial charge in [-0.15, -0.1) is 0 Å². The minimum absolute atomic E-state index is 0.274. The molecule has 1 heterocycles. The Kier molecular flexibility index (Phi) is 4.07. The van der Waals surface area contributed by atoms with Crippen molar-refractivity contribution in [1.82, 2.24) is 5.32 Å². The highest BCUT2D eigenvalue weighted by Gasteiger charge is 2.24. The maximum absolute atomic E-state index is 11.4. The molecule has 0 aromatic heterocycles. The van der Waals surface area contributed by atoms with E-state index in [1.54, 1.807) is 0 Å².